The minimum atomic E-state index is -0.552. The smallest absolute Gasteiger partial charge is 0.316 e. The van der Waals surface area contributed by atoms with E-state index in [4.69, 9.17) is 0 Å². The van der Waals surface area contributed by atoms with Crippen molar-refractivity contribution in [2.75, 3.05) is 5.32 Å². The van der Waals surface area contributed by atoms with E-state index < -0.39 is 11.0 Å². The number of pyridine rings is 2. The highest BCUT2D eigenvalue weighted by molar-refractivity contribution is 5.91. The van der Waals surface area contributed by atoms with Crippen LogP contribution in [0.25, 0.3) is 11.3 Å². The van der Waals surface area contributed by atoms with Gasteiger partial charge in [-0.05, 0) is 30.2 Å². The number of nitrogens with zero attached hydrogens (tertiary/aromatic N) is 4. The van der Waals surface area contributed by atoms with Crippen LogP contribution in [-0.4, -0.2) is 25.8 Å². The lowest BCUT2D eigenvalue weighted by atomic mass is 10.1. The molecule has 1 aromatic carbocycles. The largest absolute Gasteiger partial charge is 0.323 e. The van der Waals surface area contributed by atoms with E-state index in [1.807, 2.05) is 43.3 Å². The zero-order valence-electron chi connectivity index (χ0n) is 15.1. The number of fused-ring (bicyclic) bond motifs is 1. The molecule has 0 saturated carbocycles. The third kappa shape index (κ3) is 3.39. The molecular weight excluding hydrogens is 358 g/mol. The van der Waals surface area contributed by atoms with Gasteiger partial charge in [-0.2, -0.15) is 0 Å². The molecule has 8 heteroatoms. The molecule has 3 heterocycles. The third-order valence-corrected chi connectivity index (χ3v) is 4.59. The number of aryl methyl sites for hydroxylation is 1. The molecular formula is C20H17N5O3. The number of hydrogen-bond acceptors (Lipinski definition) is 5. The van der Waals surface area contributed by atoms with E-state index in [2.05, 4.69) is 15.3 Å². The fraction of sp³-hybridized carbons (Fsp3) is 0.150. The lowest BCUT2D eigenvalue weighted by molar-refractivity contribution is -0.384. The van der Waals surface area contributed by atoms with Gasteiger partial charge < -0.3 is 4.90 Å². The molecule has 0 saturated heterocycles. The standard InChI is InChI=1S/C20H17N5O3/c1-13-9-15-11-24(12-16(15)10-21-13)20(26)23-19-18(25(27)28)8-7-17(22-19)14-5-3-2-4-6-14/h2-10H,11-12H2,1H3,(H,22,23,26). The van der Waals surface area contributed by atoms with Crippen molar-refractivity contribution >= 4 is 17.5 Å². The van der Waals surface area contributed by atoms with Gasteiger partial charge in [-0.3, -0.25) is 20.4 Å². The van der Waals surface area contributed by atoms with Crippen LogP contribution in [0.4, 0.5) is 16.3 Å². The number of carbonyl (C=O) groups is 1. The van der Waals surface area contributed by atoms with Crippen LogP contribution in [0, 0.1) is 17.0 Å². The maximum atomic E-state index is 12.7. The summed E-state index contributed by atoms with van der Waals surface area (Å²) in [5.41, 5.74) is 3.99. The second kappa shape index (κ2) is 7.07. The van der Waals surface area contributed by atoms with Crippen LogP contribution in [0.15, 0.2) is 54.7 Å². The molecule has 0 bridgehead atoms. The van der Waals surface area contributed by atoms with E-state index >= 15 is 0 Å². The van der Waals surface area contributed by atoms with Crippen LogP contribution in [0.1, 0.15) is 16.8 Å². The highest BCUT2D eigenvalue weighted by atomic mass is 16.6. The molecule has 1 aliphatic rings. The number of amides is 2. The van der Waals surface area contributed by atoms with Crippen LogP contribution in [0.3, 0.4) is 0 Å². The first-order valence-corrected chi connectivity index (χ1v) is 8.72. The first kappa shape index (κ1) is 17.6. The third-order valence-electron chi connectivity index (χ3n) is 4.59. The molecule has 28 heavy (non-hydrogen) atoms. The van der Waals surface area contributed by atoms with Crippen molar-refractivity contribution in [2.24, 2.45) is 0 Å². The summed E-state index contributed by atoms with van der Waals surface area (Å²) < 4.78 is 0. The van der Waals surface area contributed by atoms with Gasteiger partial charge in [0.05, 0.1) is 10.6 Å². The molecule has 0 unspecified atom stereocenters. The van der Waals surface area contributed by atoms with Crippen LogP contribution < -0.4 is 5.32 Å². The summed E-state index contributed by atoms with van der Waals surface area (Å²) >= 11 is 0. The zero-order chi connectivity index (χ0) is 19.7. The Morgan fingerprint density at radius 2 is 1.89 bits per heavy atom. The van der Waals surface area contributed by atoms with Gasteiger partial charge in [0.15, 0.2) is 0 Å². The molecule has 0 aliphatic carbocycles. The summed E-state index contributed by atoms with van der Waals surface area (Å²) in [6.07, 6.45) is 1.76. The van der Waals surface area contributed by atoms with Gasteiger partial charge in [0.25, 0.3) is 0 Å². The SMILES string of the molecule is Cc1cc2c(cn1)CN(C(=O)Nc1nc(-c3ccccc3)ccc1[N+](=O)[O-])C2. The highest BCUT2D eigenvalue weighted by Gasteiger charge is 2.26. The van der Waals surface area contributed by atoms with E-state index in [0.717, 1.165) is 22.4 Å². The van der Waals surface area contributed by atoms with E-state index in [-0.39, 0.29) is 11.5 Å². The summed E-state index contributed by atoms with van der Waals surface area (Å²) in [6.45, 7) is 2.72. The van der Waals surface area contributed by atoms with Crippen molar-refractivity contribution < 1.29 is 9.72 Å². The zero-order valence-corrected chi connectivity index (χ0v) is 15.1. The molecule has 1 aliphatic heterocycles. The van der Waals surface area contributed by atoms with Crippen LogP contribution in [0.2, 0.25) is 0 Å². The maximum absolute atomic E-state index is 12.7. The van der Waals surface area contributed by atoms with Crippen molar-refractivity contribution in [3.63, 3.8) is 0 Å². The number of rotatable bonds is 3. The van der Waals surface area contributed by atoms with Crippen molar-refractivity contribution in [1.82, 2.24) is 14.9 Å². The van der Waals surface area contributed by atoms with E-state index in [1.54, 1.807) is 17.2 Å². The van der Waals surface area contributed by atoms with Gasteiger partial charge in [0.1, 0.15) is 0 Å². The molecule has 3 aromatic rings. The topological polar surface area (TPSA) is 101 Å². The minimum absolute atomic E-state index is 0.0679. The molecule has 0 fully saturated rings. The highest BCUT2D eigenvalue weighted by Crippen LogP contribution is 2.28. The Morgan fingerprint density at radius 3 is 2.64 bits per heavy atom. The van der Waals surface area contributed by atoms with Crippen molar-refractivity contribution in [3.05, 3.63) is 81.7 Å². The van der Waals surface area contributed by atoms with Crippen molar-refractivity contribution in [2.45, 2.75) is 20.0 Å². The van der Waals surface area contributed by atoms with Gasteiger partial charge >= 0.3 is 11.7 Å². The first-order valence-electron chi connectivity index (χ1n) is 8.72. The Morgan fingerprint density at radius 1 is 1.14 bits per heavy atom. The van der Waals surface area contributed by atoms with Gasteiger partial charge in [-0.15, -0.1) is 0 Å². The van der Waals surface area contributed by atoms with Crippen LogP contribution >= 0.6 is 0 Å². The molecule has 0 spiro atoms. The van der Waals surface area contributed by atoms with Crippen LogP contribution in [-0.2, 0) is 13.1 Å². The molecule has 1 N–H and O–H groups in total. The Hall–Kier alpha value is -3.81. The number of carbonyl (C=O) groups excluding carboxylic acids is 1. The quantitative estimate of drug-likeness (QED) is 0.552. The summed E-state index contributed by atoms with van der Waals surface area (Å²) in [6, 6.07) is 13.7. The second-order valence-corrected chi connectivity index (χ2v) is 6.57. The van der Waals surface area contributed by atoms with E-state index in [9.17, 15) is 14.9 Å². The Balaban J connectivity index is 1.60. The predicted molar refractivity (Wildman–Crippen MR) is 104 cm³/mol. The summed E-state index contributed by atoms with van der Waals surface area (Å²) in [7, 11) is 0. The number of benzene rings is 1. The van der Waals surface area contributed by atoms with Gasteiger partial charge in [0.2, 0.25) is 5.82 Å². The maximum Gasteiger partial charge on any atom is 0.323 e. The summed E-state index contributed by atoms with van der Waals surface area (Å²) in [5.74, 6) is -0.0679. The molecule has 8 nitrogen and oxygen atoms in total. The molecule has 0 radical (unpaired) electrons. The van der Waals surface area contributed by atoms with Crippen molar-refractivity contribution in [1.29, 1.82) is 0 Å². The van der Waals surface area contributed by atoms with Gasteiger partial charge in [0, 0.05) is 36.6 Å². The predicted octanol–water partition coefficient (Wildman–Crippen LogP) is 3.91. The molecule has 140 valence electrons. The number of urea groups is 1. The first-order chi connectivity index (χ1) is 13.5. The van der Waals surface area contributed by atoms with Crippen LogP contribution in [0.5, 0.6) is 0 Å². The number of nitrogens with one attached hydrogen (secondary N) is 1. The fourth-order valence-electron chi connectivity index (χ4n) is 3.19. The Bertz CT molecular complexity index is 1070. The summed E-state index contributed by atoms with van der Waals surface area (Å²) in [4.78, 5) is 33.7. The molecule has 0 atom stereocenters. The second-order valence-electron chi connectivity index (χ2n) is 6.57. The van der Waals surface area contributed by atoms with E-state index in [1.165, 1.54) is 6.07 Å². The number of hydrogen-bond donors (Lipinski definition) is 1. The lowest BCUT2D eigenvalue weighted by Crippen LogP contribution is -2.30. The molecule has 4 rings (SSSR count). The number of aromatic nitrogens is 2. The van der Waals surface area contributed by atoms with Gasteiger partial charge in [-0.25, -0.2) is 9.78 Å². The average Bonchev–Trinajstić information content (AvgIpc) is 3.12. The number of nitro groups is 1. The molecule has 2 amide bonds. The van der Waals surface area contributed by atoms with Crippen molar-refractivity contribution in [3.8, 4) is 11.3 Å². The molecule has 2 aromatic heterocycles. The summed E-state index contributed by atoms with van der Waals surface area (Å²) in [5, 5.41) is 14.0. The monoisotopic (exact) mass is 375 g/mol. The average molecular weight is 375 g/mol. The van der Waals surface area contributed by atoms with E-state index in [0.29, 0.717) is 18.8 Å². The number of anilines is 1. The minimum Gasteiger partial charge on any atom is -0.316 e. The Kier molecular flexibility index (Phi) is 4.44. The lowest BCUT2D eigenvalue weighted by Gasteiger charge is -2.16. The fourth-order valence-corrected chi connectivity index (χ4v) is 3.19. The van der Waals surface area contributed by atoms with Gasteiger partial charge in [-0.1, -0.05) is 30.3 Å². The normalized spacial score (nSPS) is 12.5. The Labute approximate surface area is 161 Å².